The van der Waals surface area contributed by atoms with E-state index in [1.165, 1.54) is 18.2 Å². The van der Waals surface area contributed by atoms with Gasteiger partial charge in [-0.25, -0.2) is 4.79 Å². The van der Waals surface area contributed by atoms with Crippen LogP contribution in [0.3, 0.4) is 0 Å². The molecule has 164 valence electrons. The first kappa shape index (κ1) is 20.4. The van der Waals surface area contributed by atoms with Gasteiger partial charge in [-0.05, 0) is 42.3 Å². The zero-order chi connectivity index (χ0) is 23.1. The van der Waals surface area contributed by atoms with Gasteiger partial charge in [-0.2, -0.15) is 0 Å². The summed E-state index contributed by atoms with van der Waals surface area (Å²) >= 11 is 0. The van der Waals surface area contributed by atoms with Crippen molar-refractivity contribution in [3.05, 3.63) is 104 Å². The number of hydrogen-bond donors (Lipinski definition) is 2. The van der Waals surface area contributed by atoms with Crippen LogP contribution in [0.2, 0.25) is 0 Å². The normalized spacial score (nSPS) is 15.3. The first-order valence-corrected chi connectivity index (χ1v) is 10.3. The van der Waals surface area contributed by atoms with Gasteiger partial charge in [0, 0.05) is 30.0 Å². The monoisotopic (exact) mass is 441 g/mol. The lowest BCUT2D eigenvalue weighted by atomic mass is 9.94. The van der Waals surface area contributed by atoms with Crippen LogP contribution in [0, 0.1) is 17.0 Å². The lowest BCUT2D eigenvalue weighted by Crippen LogP contribution is -2.15. The van der Waals surface area contributed by atoms with Gasteiger partial charge in [-0.3, -0.25) is 15.1 Å². The van der Waals surface area contributed by atoms with E-state index in [1.54, 1.807) is 25.1 Å². The maximum atomic E-state index is 12.1. The number of nitro benzene ring substituents is 1. The molecule has 0 bridgehead atoms. The Bertz CT molecular complexity index is 1510. The van der Waals surface area contributed by atoms with E-state index < -0.39 is 10.5 Å². The minimum absolute atomic E-state index is 0.0139. The number of anilines is 1. The van der Waals surface area contributed by atoms with Gasteiger partial charge < -0.3 is 14.8 Å². The molecule has 33 heavy (non-hydrogen) atoms. The second-order valence-corrected chi connectivity index (χ2v) is 7.91. The molecule has 1 aromatic heterocycles. The molecule has 0 fully saturated rings. The Hall–Kier alpha value is -4.46. The summed E-state index contributed by atoms with van der Waals surface area (Å²) in [6.45, 7) is 1.80. The SMILES string of the molecule is Cc1cc(=O)oc2c(C3=Nc4ccccc4NC(c4cccc([N+](=O)[O-])c4)C3)c(O)ccc12. The van der Waals surface area contributed by atoms with Gasteiger partial charge in [-0.1, -0.05) is 24.3 Å². The molecular weight excluding hydrogens is 422 g/mol. The number of para-hydroxylation sites is 2. The van der Waals surface area contributed by atoms with Crippen LogP contribution in [-0.4, -0.2) is 15.7 Å². The van der Waals surface area contributed by atoms with Crippen LogP contribution < -0.4 is 10.9 Å². The largest absolute Gasteiger partial charge is 0.507 e. The standard InChI is InChI=1S/C25H19N3O5/c1-14-11-23(30)33-25-17(14)9-10-22(29)24(25)21-13-20(15-5-4-6-16(12-15)28(31)32)26-18-7-2-3-8-19(18)27-21/h2-12,20,26,29H,13H2,1H3. The van der Waals surface area contributed by atoms with Gasteiger partial charge in [0.15, 0.2) is 5.58 Å². The molecule has 8 heteroatoms. The number of aromatic hydroxyl groups is 1. The highest BCUT2D eigenvalue weighted by atomic mass is 16.6. The smallest absolute Gasteiger partial charge is 0.336 e. The maximum absolute atomic E-state index is 12.1. The maximum Gasteiger partial charge on any atom is 0.336 e. The molecule has 0 radical (unpaired) electrons. The van der Waals surface area contributed by atoms with Crippen molar-refractivity contribution in [2.45, 2.75) is 19.4 Å². The van der Waals surface area contributed by atoms with Crippen LogP contribution in [0.4, 0.5) is 17.1 Å². The second-order valence-electron chi connectivity index (χ2n) is 7.91. The van der Waals surface area contributed by atoms with Gasteiger partial charge in [0.1, 0.15) is 5.75 Å². The number of benzene rings is 3. The Balaban J connectivity index is 1.73. The van der Waals surface area contributed by atoms with Gasteiger partial charge in [0.2, 0.25) is 0 Å². The molecule has 8 nitrogen and oxygen atoms in total. The highest BCUT2D eigenvalue weighted by Crippen LogP contribution is 2.39. The minimum atomic E-state index is -0.519. The molecule has 4 aromatic rings. The van der Waals surface area contributed by atoms with E-state index in [4.69, 9.17) is 9.41 Å². The lowest BCUT2D eigenvalue weighted by molar-refractivity contribution is -0.384. The molecule has 2 N–H and O–H groups in total. The Morgan fingerprint density at radius 3 is 2.76 bits per heavy atom. The molecule has 2 heterocycles. The Morgan fingerprint density at radius 1 is 1.12 bits per heavy atom. The van der Waals surface area contributed by atoms with Crippen LogP contribution >= 0.6 is 0 Å². The zero-order valence-electron chi connectivity index (χ0n) is 17.6. The number of nitrogens with zero attached hydrogens (tertiary/aromatic N) is 2. The van der Waals surface area contributed by atoms with Crippen LogP contribution in [-0.2, 0) is 0 Å². The number of fused-ring (bicyclic) bond motifs is 2. The third-order valence-corrected chi connectivity index (χ3v) is 5.76. The number of hydrogen-bond acceptors (Lipinski definition) is 7. The molecule has 1 unspecified atom stereocenters. The van der Waals surface area contributed by atoms with E-state index in [1.807, 2.05) is 30.3 Å². The third kappa shape index (κ3) is 3.71. The van der Waals surface area contributed by atoms with Crippen LogP contribution in [0.5, 0.6) is 5.75 Å². The number of phenols is 1. The van der Waals surface area contributed by atoms with Crippen molar-refractivity contribution >= 4 is 33.7 Å². The molecule has 0 saturated carbocycles. The molecular formula is C25H19N3O5. The number of aryl methyl sites for hydroxylation is 1. The summed E-state index contributed by atoms with van der Waals surface area (Å²) in [5.74, 6) is -0.0628. The molecule has 5 rings (SSSR count). The summed E-state index contributed by atoms with van der Waals surface area (Å²) in [6.07, 6.45) is 0.292. The summed E-state index contributed by atoms with van der Waals surface area (Å²) in [5.41, 5.74) is 3.39. The molecule has 0 saturated heterocycles. The van der Waals surface area contributed by atoms with Crippen LogP contribution in [0.1, 0.15) is 29.2 Å². The summed E-state index contributed by atoms with van der Waals surface area (Å²) in [6, 6.07) is 18.1. The number of aliphatic imine (C=N–C) groups is 1. The van der Waals surface area contributed by atoms with Crippen LogP contribution in [0.15, 0.2) is 80.9 Å². The van der Waals surface area contributed by atoms with E-state index >= 15 is 0 Å². The summed E-state index contributed by atoms with van der Waals surface area (Å²) in [7, 11) is 0. The number of phenolic OH excluding ortho intramolecular Hbond substituents is 1. The molecule has 1 aliphatic rings. The predicted octanol–water partition coefficient (Wildman–Crippen LogP) is 5.39. The van der Waals surface area contributed by atoms with Crippen molar-refractivity contribution in [2.75, 3.05) is 5.32 Å². The first-order chi connectivity index (χ1) is 15.9. The average molecular weight is 441 g/mol. The van der Waals surface area contributed by atoms with Crippen molar-refractivity contribution in [1.82, 2.24) is 0 Å². The van der Waals surface area contributed by atoms with E-state index in [2.05, 4.69) is 5.32 Å². The zero-order valence-corrected chi connectivity index (χ0v) is 17.6. The van der Waals surface area contributed by atoms with Gasteiger partial charge in [0.05, 0.1) is 33.6 Å². The Morgan fingerprint density at radius 2 is 1.94 bits per heavy atom. The number of nitro groups is 1. The molecule has 1 aliphatic heterocycles. The van der Waals surface area contributed by atoms with Crippen molar-refractivity contribution < 1.29 is 14.4 Å². The first-order valence-electron chi connectivity index (χ1n) is 10.3. The van der Waals surface area contributed by atoms with Crippen LogP contribution in [0.25, 0.3) is 11.0 Å². The fourth-order valence-corrected chi connectivity index (χ4v) is 4.18. The van der Waals surface area contributed by atoms with Crippen molar-refractivity contribution in [3.8, 4) is 5.75 Å². The van der Waals surface area contributed by atoms with E-state index in [9.17, 15) is 20.0 Å². The Kier molecular flexibility index (Phi) is 4.90. The average Bonchev–Trinajstić information content (AvgIpc) is 2.98. The lowest BCUT2D eigenvalue weighted by Gasteiger charge is -2.19. The van der Waals surface area contributed by atoms with Crippen molar-refractivity contribution in [2.24, 2.45) is 4.99 Å². The number of rotatable bonds is 3. The van der Waals surface area contributed by atoms with E-state index in [0.717, 1.165) is 11.3 Å². The molecule has 0 spiro atoms. The second kappa shape index (κ2) is 7.90. The fraction of sp³-hybridized carbons (Fsp3) is 0.120. The van der Waals surface area contributed by atoms with Gasteiger partial charge >= 0.3 is 5.63 Å². The fourth-order valence-electron chi connectivity index (χ4n) is 4.18. The summed E-state index contributed by atoms with van der Waals surface area (Å²) in [5, 5.41) is 26.3. The molecule has 3 aromatic carbocycles. The van der Waals surface area contributed by atoms with Gasteiger partial charge in [-0.15, -0.1) is 0 Å². The van der Waals surface area contributed by atoms with E-state index in [-0.39, 0.29) is 23.1 Å². The van der Waals surface area contributed by atoms with Crippen molar-refractivity contribution in [3.63, 3.8) is 0 Å². The van der Waals surface area contributed by atoms with E-state index in [0.29, 0.717) is 34.3 Å². The molecule has 0 amide bonds. The quantitative estimate of drug-likeness (QED) is 0.250. The summed E-state index contributed by atoms with van der Waals surface area (Å²) < 4.78 is 5.52. The molecule has 1 atom stereocenters. The predicted molar refractivity (Wildman–Crippen MR) is 126 cm³/mol. The topological polar surface area (TPSA) is 118 Å². The summed E-state index contributed by atoms with van der Waals surface area (Å²) in [4.78, 5) is 27.8. The highest BCUT2D eigenvalue weighted by Gasteiger charge is 2.26. The number of nitrogens with one attached hydrogen (secondary N) is 1. The number of non-ortho nitro benzene ring substituents is 1. The molecule has 0 aliphatic carbocycles. The van der Waals surface area contributed by atoms with Gasteiger partial charge in [0.25, 0.3) is 5.69 Å². The highest BCUT2D eigenvalue weighted by molar-refractivity contribution is 6.13. The minimum Gasteiger partial charge on any atom is -0.507 e. The Labute approximate surface area is 188 Å². The third-order valence-electron chi connectivity index (χ3n) is 5.76. The van der Waals surface area contributed by atoms with Crippen molar-refractivity contribution in [1.29, 1.82) is 0 Å².